The molecule has 5 aromatic carbocycles. The van der Waals surface area contributed by atoms with Crippen molar-refractivity contribution in [2.24, 2.45) is 0 Å². The number of carbonyl (C=O) groups is 2. The highest BCUT2D eigenvalue weighted by Crippen LogP contribution is 2.40. The van der Waals surface area contributed by atoms with Gasteiger partial charge in [0.25, 0.3) is 0 Å². The van der Waals surface area contributed by atoms with E-state index in [2.05, 4.69) is 83.0 Å². The first-order valence-electron chi connectivity index (χ1n) is 20.8. The van der Waals surface area contributed by atoms with Crippen molar-refractivity contribution in [1.29, 1.82) is 0 Å². The fourth-order valence-corrected chi connectivity index (χ4v) is 40.2. The molecule has 0 heterocycles. The van der Waals surface area contributed by atoms with E-state index in [1.165, 1.54) is 23.3 Å². The summed E-state index contributed by atoms with van der Waals surface area (Å²) in [7, 11) is 21.7. The molecule has 3 nitrogen and oxygen atoms in total. The largest absolute Gasteiger partial charge is 0.413 e. The lowest BCUT2D eigenvalue weighted by atomic mass is 9.90. The predicted molar refractivity (Wildman–Crippen MR) is 344 cm³/mol. The number of hydrogen-bond donors (Lipinski definition) is 0. The molecule has 6 rings (SSSR count). The molecule has 0 N–H and O–H groups in total. The summed E-state index contributed by atoms with van der Waals surface area (Å²) >= 11 is 21.6. The summed E-state index contributed by atoms with van der Waals surface area (Å²) < 4.78 is 6.37. The van der Waals surface area contributed by atoms with E-state index in [4.69, 9.17) is 50.0 Å². The first-order chi connectivity index (χ1) is 33.1. The highest BCUT2D eigenvalue weighted by Gasteiger charge is 2.37. The Morgan fingerprint density at radius 3 is 1.81 bits per heavy atom. The second-order valence-corrected chi connectivity index (χ2v) is 46.4. The Kier molecular flexibility index (Phi) is 29.3. The highest BCUT2D eigenvalue weighted by atomic mass is 35.5. The van der Waals surface area contributed by atoms with E-state index in [9.17, 15) is 9.59 Å². The zero-order valence-electron chi connectivity index (χ0n) is 38.1. The first-order valence-corrected chi connectivity index (χ1v) is 44.5. The van der Waals surface area contributed by atoms with Gasteiger partial charge < -0.3 is 4.43 Å². The van der Waals surface area contributed by atoms with Gasteiger partial charge in [0.2, 0.25) is 5.78 Å². The maximum absolute atomic E-state index is 12.7. The molecule has 368 valence electrons. The van der Waals surface area contributed by atoms with Gasteiger partial charge in [-0.05, 0) is 118 Å². The van der Waals surface area contributed by atoms with Crippen molar-refractivity contribution in [3.05, 3.63) is 147 Å². The van der Waals surface area contributed by atoms with Crippen LogP contribution in [0, 0.1) is 11.8 Å². The van der Waals surface area contributed by atoms with Crippen molar-refractivity contribution in [3.8, 4) is 23.0 Å². The zero-order valence-corrected chi connectivity index (χ0v) is 53.7. The fraction of sp³-hybridized carbons (Fsp3) is 0.277. The average molecular weight is 1270 g/mol. The van der Waals surface area contributed by atoms with Crippen LogP contribution >= 0.6 is 23.2 Å². The lowest BCUT2D eigenvalue weighted by Crippen LogP contribution is -2.40. The summed E-state index contributed by atoms with van der Waals surface area (Å²) in [4.78, 5) is 24.5. The van der Waals surface area contributed by atoms with Crippen LogP contribution in [-0.2, 0) is 175 Å². The van der Waals surface area contributed by atoms with E-state index >= 15 is 0 Å². The van der Waals surface area contributed by atoms with Gasteiger partial charge >= 0.3 is 0 Å². The Labute approximate surface area is 468 Å². The van der Waals surface area contributed by atoms with Crippen LogP contribution in [0.2, 0.25) is 28.2 Å². The Hall–Kier alpha value is -0.723. The van der Waals surface area contributed by atoms with Gasteiger partial charge in [0.15, 0.2) is 14.1 Å². The molecule has 0 fully saturated rings. The minimum absolute atomic E-state index is 0.0367. The normalized spacial score (nSPS) is 11.4. The average Bonchev–Trinajstić information content (AvgIpc) is 3.71. The topological polar surface area (TPSA) is 43.4 Å². The van der Waals surface area contributed by atoms with Crippen molar-refractivity contribution in [2.75, 3.05) is 0 Å². The van der Waals surface area contributed by atoms with Gasteiger partial charge in [0.1, 0.15) is 0 Å². The van der Waals surface area contributed by atoms with E-state index in [0.29, 0.717) is 30.9 Å². The van der Waals surface area contributed by atoms with Gasteiger partial charge in [-0.25, -0.2) is 0 Å². The van der Waals surface area contributed by atoms with Crippen LogP contribution in [0.5, 0.6) is 0 Å². The molecule has 0 radical (unpaired) electrons. The number of rotatable bonds is 9. The Balaban J connectivity index is 0.000000238. The van der Waals surface area contributed by atoms with Gasteiger partial charge in [-0.15, -0.1) is 0 Å². The minimum atomic E-state index is -1.79. The summed E-state index contributed by atoms with van der Waals surface area (Å²) in [5, 5.41) is 3.78. The number of Topliss-reactive ketones (excluding diaryl/α,β-unsaturated/α-hetero) is 2. The molecule has 0 aliphatic heterocycles. The number of hydrogen-bond acceptors (Lipinski definition) is 5. The molecule has 0 saturated carbocycles. The SMILES string of the molecule is CC(C)(C)[Si](C)(C)OCc1ccc(-c2c3c(cc4ccc(Cl)cc24)CCC3=O)cc1.CCc1ccc(C#CC(=O)CC/C=C/c2ccc(Cl)cc2)cc1.S=S=S=S=S=S=S=S=S=S=S=S=S=S=S=S. The summed E-state index contributed by atoms with van der Waals surface area (Å²) in [6.45, 7) is 14.0. The molecule has 5 aromatic rings. The monoisotopic (exact) mass is 1270 g/mol. The Bertz CT molecular complexity index is 3320. The number of carbonyl (C=O) groups excluding carboxylic acids is 2. The highest BCUT2D eigenvalue weighted by molar-refractivity contribution is 8.77. The van der Waals surface area contributed by atoms with E-state index in [-0.39, 0.29) is 16.6 Å². The molecular formula is C47H48Cl2O3S16Si. The molecule has 22 heteroatoms. The molecule has 0 atom stereocenters. The van der Waals surface area contributed by atoms with Gasteiger partial charge in [-0.3, -0.25) is 9.59 Å². The van der Waals surface area contributed by atoms with Gasteiger partial charge in [0, 0.05) is 186 Å². The van der Waals surface area contributed by atoms with Crippen LogP contribution in [0.25, 0.3) is 28.0 Å². The fourth-order valence-electron chi connectivity index (χ4n) is 6.03. The number of ketones is 2. The van der Waals surface area contributed by atoms with E-state index < -0.39 is 8.32 Å². The van der Waals surface area contributed by atoms with Crippen LogP contribution in [0.15, 0.2) is 103 Å². The number of fused-ring (bicyclic) bond motifs is 2. The third-order valence-corrected chi connectivity index (χ3v) is 44.4. The van der Waals surface area contributed by atoms with Crippen molar-refractivity contribution >= 4 is 207 Å². The molecule has 0 amide bonds. The Morgan fingerprint density at radius 2 is 1.26 bits per heavy atom. The smallest absolute Gasteiger partial charge is 0.206 e. The van der Waals surface area contributed by atoms with Crippen molar-refractivity contribution in [3.63, 3.8) is 0 Å². The molecule has 1 aliphatic rings. The molecule has 1 aliphatic carbocycles. The van der Waals surface area contributed by atoms with Crippen molar-refractivity contribution in [2.45, 2.75) is 84.5 Å². The molecular weight excluding hydrogens is 1220 g/mol. The van der Waals surface area contributed by atoms with Crippen LogP contribution in [0.3, 0.4) is 0 Å². The lowest BCUT2D eigenvalue weighted by molar-refractivity contribution is -0.113. The molecule has 0 saturated heterocycles. The van der Waals surface area contributed by atoms with Gasteiger partial charge in [-0.1, -0.05) is 130 Å². The van der Waals surface area contributed by atoms with Crippen LogP contribution in [0.4, 0.5) is 0 Å². The Morgan fingerprint density at radius 1 is 0.710 bits per heavy atom. The molecule has 69 heavy (non-hydrogen) atoms. The standard InChI is InChI=1S/C26H29ClO2Si.C21H19ClO.S16/c1-26(2,3)30(4,5)29-16-17-6-8-18(9-7-17)24-22-15-21(27)12-10-19(22)14-20-11-13-23(28)25(20)24;1-2-17-7-9-19(10-8-17)13-16-21(23)6-4-3-5-18-11-14-20(22)15-12-18;1-3-5-7-9-11-13-15-16-14-12-10-8-6-4-2/h6-10,12,14-15H,11,13,16H2,1-5H3;3,5,7-12,14-15H,2,4,6H2,1H3;/b;5-3+;. The van der Waals surface area contributed by atoms with Crippen LogP contribution in [0.1, 0.15) is 85.1 Å². The number of allylic oxidation sites excluding steroid dienone is 1. The maximum atomic E-state index is 12.7. The van der Waals surface area contributed by atoms with Gasteiger partial charge in [-0.2, -0.15) is 0 Å². The number of halogens is 2. The third-order valence-electron chi connectivity index (χ3n) is 10.5. The number of aryl methyl sites for hydroxylation is 2. The minimum Gasteiger partial charge on any atom is -0.413 e. The lowest BCUT2D eigenvalue weighted by Gasteiger charge is -2.36. The van der Waals surface area contributed by atoms with E-state index in [1.54, 1.807) is 107 Å². The van der Waals surface area contributed by atoms with E-state index in [1.807, 2.05) is 78.9 Å². The second kappa shape index (κ2) is 33.2. The predicted octanol–water partition coefficient (Wildman–Crippen LogP) is 13.1. The van der Waals surface area contributed by atoms with Gasteiger partial charge in [0.05, 0.1) is 6.61 Å². The second-order valence-electron chi connectivity index (χ2n) is 16.0. The molecule has 0 unspecified atom stereocenters. The summed E-state index contributed by atoms with van der Waals surface area (Å²) in [5.74, 6) is 5.82. The number of benzene rings is 5. The quantitative estimate of drug-likeness (QED) is 0.109. The van der Waals surface area contributed by atoms with Crippen LogP contribution < -0.4 is 0 Å². The summed E-state index contributed by atoms with van der Waals surface area (Å²) in [6, 6.07) is 32.2. The van der Waals surface area contributed by atoms with Crippen molar-refractivity contribution < 1.29 is 14.0 Å². The molecule has 0 aromatic heterocycles. The zero-order chi connectivity index (χ0) is 50.1. The first kappa shape index (κ1) is 60.8. The molecule has 0 bridgehead atoms. The van der Waals surface area contributed by atoms with E-state index in [0.717, 1.165) is 67.6 Å². The third kappa shape index (κ3) is 22.3. The summed E-state index contributed by atoms with van der Waals surface area (Å²) in [6.07, 6.45) is 7.50. The molecule has 0 spiro atoms. The van der Waals surface area contributed by atoms with Crippen molar-refractivity contribution in [1.82, 2.24) is 0 Å². The maximum Gasteiger partial charge on any atom is 0.206 e. The summed E-state index contributed by atoms with van der Waals surface area (Å²) in [5.41, 5.74) is 8.48. The van der Waals surface area contributed by atoms with Crippen LogP contribution in [-0.4, -0.2) is 19.9 Å².